The summed E-state index contributed by atoms with van der Waals surface area (Å²) in [6.45, 7) is 5.83. The topological polar surface area (TPSA) is 79.5 Å². The minimum absolute atomic E-state index is 0.0959. The van der Waals surface area contributed by atoms with E-state index in [0.29, 0.717) is 17.8 Å². The summed E-state index contributed by atoms with van der Waals surface area (Å²) in [6, 6.07) is 14.5. The lowest BCUT2D eigenvalue weighted by molar-refractivity contribution is -0.114. The van der Waals surface area contributed by atoms with E-state index in [2.05, 4.69) is 29.8 Å². The Balaban J connectivity index is 1.71. The zero-order chi connectivity index (χ0) is 22.3. The standard InChI is InChI=1S/C25H35N3O3/c1-3-5-7-8-18-31-23-15-13-21(14-16-23)27-19-24(29)28-22-11-9-20(10-12-22)25(30)26-17-6-4-2/h9-16,27H,3-8,17-19H2,1-2H3,(H,26,30)(H,28,29). The van der Waals surface area contributed by atoms with Crippen LogP contribution < -0.4 is 20.7 Å². The van der Waals surface area contributed by atoms with E-state index in [-0.39, 0.29) is 18.4 Å². The van der Waals surface area contributed by atoms with Gasteiger partial charge in [-0.05, 0) is 61.4 Å². The summed E-state index contributed by atoms with van der Waals surface area (Å²) in [5.74, 6) is 0.586. The van der Waals surface area contributed by atoms with Crippen molar-refractivity contribution in [2.45, 2.75) is 52.4 Å². The molecule has 168 valence electrons. The van der Waals surface area contributed by atoms with E-state index in [4.69, 9.17) is 4.74 Å². The Labute approximate surface area is 185 Å². The normalized spacial score (nSPS) is 10.4. The fourth-order valence-corrected chi connectivity index (χ4v) is 2.96. The van der Waals surface area contributed by atoms with Crippen molar-refractivity contribution in [3.8, 4) is 5.75 Å². The third-order valence-corrected chi connectivity index (χ3v) is 4.82. The molecule has 2 amide bonds. The summed E-state index contributed by atoms with van der Waals surface area (Å²) in [5.41, 5.74) is 2.09. The summed E-state index contributed by atoms with van der Waals surface area (Å²) in [6.07, 6.45) is 6.72. The first-order valence-corrected chi connectivity index (χ1v) is 11.3. The van der Waals surface area contributed by atoms with E-state index in [1.54, 1.807) is 24.3 Å². The van der Waals surface area contributed by atoms with E-state index in [1.165, 1.54) is 19.3 Å². The molecule has 0 radical (unpaired) electrons. The van der Waals surface area contributed by atoms with Gasteiger partial charge in [0, 0.05) is 23.5 Å². The second-order valence-corrected chi connectivity index (χ2v) is 7.52. The molecule has 31 heavy (non-hydrogen) atoms. The van der Waals surface area contributed by atoms with Crippen LogP contribution in [-0.2, 0) is 4.79 Å². The smallest absolute Gasteiger partial charge is 0.251 e. The summed E-state index contributed by atoms with van der Waals surface area (Å²) in [4.78, 5) is 24.2. The van der Waals surface area contributed by atoms with Crippen LogP contribution in [-0.4, -0.2) is 31.5 Å². The zero-order valence-corrected chi connectivity index (χ0v) is 18.7. The first kappa shape index (κ1) is 24.3. The quantitative estimate of drug-likeness (QED) is 0.362. The second kappa shape index (κ2) is 14.1. The van der Waals surface area contributed by atoms with Crippen molar-refractivity contribution in [1.82, 2.24) is 5.32 Å². The number of nitrogens with one attached hydrogen (secondary N) is 3. The summed E-state index contributed by atoms with van der Waals surface area (Å²) < 4.78 is 5.73. The minimum atomic E-state index is -0.156. The molecule has 0 saturated heterocycles. The second-order valence-electron chi connectivity index (χ2n) is 7.52. The highest BCUT2D eigenvalue weighted by atomic mass is 16.5. The van der Waals surface area contributed by atoms with Crippen LogP contribution in [0.4, 0.5) is 11.4 Å². The Morgan fingerprint density at radius 2 is 1.48 bits per heavy atom. The average Bonchev–Trinajstić information content (AvgIpc) is 2.79. The van der Waals surface area contributed by atoms with Gasteiger partial charge in [-0.15, -0.1) is 0 Å². The van der Waals surface area contributed by atoms with Gasteiger partial charge in [0.05, 0.1) is 13.2 Å². The lowest BCUT2D eigenvalue weighted by Gasteiger charge is -2.10. The Bertz CT molecular complexity index is 789. The molecule has 0 bridgehead atoms. The zero-order valence-electron chi connectivity index (χ0n) is 18.7. The highest BCUT2D eigenvalue weighted by molar-refractivity contribution is 5.96. The number of rotatable bonds is 14. The minimum Gasteiger partial charge on any atom is -0.494 e. The predicted octanol–water partition coefficient (Wildman–Crippen LogP) is 5.23. The van der Waals surface area contributed by atoms with E-state index < -0.39 is 0 Å². The van der Waals surface area contributed by atoms with Gasteiger partial charge >= 0.3 is 0 Å². The van der Waals surface area contributed by atoms with Crippen LogP contribution in [0.15, 0.2) is 48.5 Å². The van der Waals surface area contributed by atoms with E-state index in [9.17, 15) is 9.59 Å². The largest absolute Gasteiger partial charge is 0.494 e. The molecule has 6 nitrogen and oxygen atoms in total. The summed E-state index contributed by atoms with van der Waals surface area (Å²) >= 11 is 0. The van der Waals surface area contributed by atoms with Crippen molar-refractivity contribution < 1.29 is 14.3 Å². The maximum atomic E-state index is 12.2. The molecule has 2 aromatic rings. The molecular weight excluding hydrogens is 390 g/mol. The fourth-order valence-electron chi connectivity index (χ4n) is 2.96. The first-order chi connectivity index (χ1) is 15.1. The van der Waals surface area contributed by atoms with Gasteiger partial charge < -0.3 is 20.7 Å². The van der Waals surface area contributed by atoms with Crippen LogP contribution in [0.2, 0.25) is 0 Å². The van der Waals surface area contributed by atoms with Crippen LogP contribution in [0.1, 0.15) is 62.7 Å². The average molecular weight is 426 g/mol. The Hall–Kier alpha value is -3.02. The number of amides is 2. The van der Waals surface area contributed by atoms with Gasteiger partial charge in [0.25, 0.3) is 5.91 Å². The Morgan fingerprint density at radius 3 is 2.16 bits per heavy atom. The predicted molar refractivity (Wildman–Crippen MR) is 127 cm³/mol. The number of ether oxygens (including phenoxy) is 1. The molecule has 0 fully saturated rings. The lowest BCUT2D eigenvalue weighted by Crippen LogP contribution is -2.24. The van der Waals surface area contributed by atoms with Crippen molar-refractivity contribution in [2.24, 2.45) is 0 Å². The fraction of sp³-hybridized carbons (Fsp3) is 0.440. The molecule has 3 N–H and O–H groups in total. The SMILES string of the molecule is CCCCCCOc1ccc(NCC(=O)Nc2ccc(C(=O)NCCCC)cc2)cc1. The molecular formula is C25H35N3O3. The lowest BCUT2D eigenvalue weighted by atomic mass is 10.2. The third kappa shape index (κ3) is 9.55. The maximum absolute atomic E-state index is 12.2. The van der Waals surface area contributed by atoms with Gasteiger partial charge in [-0.25, -0.2) is 0 Å². The number of anilines is 2. The Morgan fingerprint density at radius 1 is 0.806 bits per heavy atom. The third-order valence-electron chi connectivity index (χ3n) is 4.82. The highest BCUT2D eigenvalue weighted by Gasteiger charge is 2.06. The van der Waals surface area contributed by atoms with Crippen LogP contribution in [0, 0.1) is 0 Å². The molecule has 0 saturated carbocycles. The number of hydrogen-bond donors (Lipinski definition) is 3. The molecule has 0 atom stereocenters. The molecule has 6 heteroatoms. The molecule has 0 aromatic heterocycles. The van der Waals surface area contributed by atoms with Gasteiger partial charge in [0.2, 0.25) is 5.91 Å². The van der Waals surface area contributed by atoms with Gasteiger partial charge in [-0.2, -0.15) is 0 Å². The van der Waals surface area contributed by atoms with Crippen LogP contribution in [0.25, 0.3) is 0 Å². The van der Waals surface area contributed by atoms with Crippen LogP contribution in [0.5, 0.6) is 5.75 Å². The van der Waals surface area contributed by atoms with E-state index in [0.717, 1.165) is 37.3 Å². The van der Waals surface area contributed by atoms with Crippen LogP contribution in [0.3, 0.4) is 0 Å². The number of unbranched alkanes of at least 4 members (excludes halogenated alkanes) is 4. The van der Waals surface area contributed by atoms with E-state index in [1.807, 2.05) is 24.3 Å². The molecule has 0 aliphatic rings. The van der Waals surface area contributed by atoms with E-state index >= 15 is 0 Å². The number of hydrogen-bond acceptors (Lipinski definition) is 4. The number of benzene rings is 2. The Kier molecular flexibility index (Phi) is 11.0. The molecule has 2 aromatic carbocycles. The molecule has 0 heterocycles. The van der Waals surface area contributed by atoms with Crippen molar-refractivity contribution >= 4 is 23.2 Å². The first-order valence-electron chi connectivity index (χ1n) is 11.3. The van der Waals surface area contributed by atoms with Crippen LogP contribution >= 0.6 is 0 Å². The monoisotopic (exact) mass is 425 g/mol. The molecule has 0 aliphatic heterocycles. The number of carbonyl (C=O) groups is 2. The maximum Gasteiger partial charge on any atom is 0.251 e. The summed E-state index contributed by atoms with van der Waals surface area (Å²) in [7, 11) is 0. The molecule has 0 unspecified atom stereocenters. The van der Waals surface area contributed by atoms with Crippen molar-refractivity contribution in [2.75, 3.05) is 30.3 Å². The van der Waals surface area contributed by atoms with Gasteiger partial charge in [0.15, 0.2) is 0 Å². The molecule has 0 aliphatic carbocycles. The van der Waals surface area contributed by atoms with Crippen molar-refractivity contribution in [3.63, 3.8) is 0 Å². The number of carbonyl (C=O) groups excluding carboxylic acids is 2. The van der Waals surface area contributed by atoms with Gasteiger partial charge in [-0.1, -0.05) is 39.5 Å². The molecule has 2 rings (SSSR count). The van der Waals surface area contributed by atoms with Gasteiger partial charge in [-0.3, -0.25) is 9.59 Å². The highest BCUT2D eigenvalue weighted by Crippen LogP contribution is 2.16. The molecule has 0 spiro atoms. The van der Waals surface area contributed by atoms with Crippen molar-refractivity contribution in [1.29, 1.82) is 0 Å². The van der Waals surface area contributed by atoms with Crippen molar-refractivity contribution in [3.05, 3.63) is 54.1 Å². The summed E-state index contributed by atoms with van der Waals surface area (Å²) in [5, 5.41) is 8.81. The van der Waals surface area contributed by atoms with Gasteiger partial charge in [0.1, 0.15) is 5.75 Å².